The molecule has 1 aromatic heterocycles. The number of hydrogen-bond acceptors (Lipinski definition) is 3. The molecule has 16 heavy (non-hydrogen) atoms. The number of aromatic nitrogens is 1. The number of nitrogens with zero attached hydrogens (tertiary/aromatic N) is 2. The molecule has 0 amide bonds. The van der Waals surface area contributed by atoms with E-state index in [0.29, 0.717) is 12.1 Å². The molecule has 0 aliphatic rings. The van der Waals surface area contributed by atoms with Crippen LogP contribution >= 0.6 is 0 Å². The van der Waals surface area contributed by atoms with Gasteiger partial charge in [-0.1, -0.05) is 6.92 Å². The van der Waals surface area contributed by atoms with E-state index in [1.54, 1.807) is 0 Å². The lowest BCUT2D eigenvalue weighted by Crippen LogP contribution is -2.44. The summed E-state index contributed by atoms with van der Waals surface area (Å²) >= 11 is 0. The molecule has 0 fully saturated rings. The van der Waals surface area contributed by atoms with Crippen molar-refractivity contribution in [1.29, 1.82) is 0 Å². The summed E-state index contributed by atoms with van der Waals surface area (Å²) in [6, 6.07) is 5.22. The Bertz CT molecular complexity index is 282. The van der Waals surface area contributed by atoms with E-state index in [0.717, 1.165) is 13.0 Å². The molecule has 0 radical (unpaired) electrons. The van der Waals surface area contributed by atoms with Gasteiger partial charge in [-0.25, -0.2) is 0 Å². The van der Waals surface area contributed by atoms with Crippen molar-refractivity contribution < 1.29 is 0 Å². The second kappa shape index (κ2) is 6.61. The molecule has 0 aliphatic heterocycles. The summed E-state index contributed by atoms with van der Waals surface area (Å²) in [5, 5.41) is 3.36. The highest BCUT2D eigenvalue weighted by molar-refractivity contribution is 5.09. The van der Waals surface area contributed by atoms with Crippen molar-refractivity contribution in [2.75, 3.05) is 14.1 Å². The van der Waals surface area contributed by atoms with Gasteiger partial charge < -0.3 is 5.32 Å². The van der Waals surface area contributed by atoms with Gasteiger partial charge >= 0.3 is 0 Å². The van der Waals surface area contributed by atoms with Crippen LogP contribution in [0.1, 0.15) is 25.8 Å². The minimum absolute atomic E-state index is 0.531. The molecule has 3 heteroatoms. The van der Waals surface area contributed by atoms with Crippen LogP contribution in [0.25, 0.3) is 0 Å². The van der Waals surface area contributed by atoms with Gasteiger partial charge in [0.25, 0.3) is 0 Å². The Morgan fingerprint density at radius 2 is 2.00 bits per heavy atom. The lowest BCUT2D eigenvalue weighted by molar-refractivity contribution is 0.200. The first kappa shape index (κ1) is 13.1. The van der Waals surface area contributed by atoms with Crippen LogP contribution in [0.2, 0.25) is 0 Å². The van der Waals surface area contributed by atoms with Crippen LogP contribution in [-0.4, -0.2) is 36.1 Å². The van der Waals surface area contributed by atoms with E-state index in [-0.39, 0.29) is 0 Å². The van der Waals surface area contributed by atoms with Crippen molar-refractivity contribution in [2.24, 2.45) is 0 Å². The molecule has 3 nitrogen and oxygen atoms in total. The SMILES string of the molecule is CCC(NC)C(C)N(C)Cc1ccncc1. The molecule has 1 aromatic rings. The number of rotatable bonds is 6. The van der Waals surface area contributed by atoms with Crippen molar-refractivity contribution >= 4 is 0 Å². The summed E-state index contributed by atoms with van der Waals surface area (Å²) in [5.41, 5.74) is 1.32. The molecule has 90 valence electrons. The molecule has 2 unspecified atom stereocenters. The van der Waals surface area contributed by atoms with Crippen molar-refractivity contribution in [3.8, 4) is 0 Å². The lowest BCUT2D eigenvalue weighted by atomic mass is 10.1. The molecule has 0 spiro atoms. The van der Waals surface area contributed by atoms with Gasteiger partial charge in [-0.3, -0.25) is 9.88 Å². The van der Waals surface area contributed by atoms with Gasteiger partial charge in [-0.05, 0) is 45.1 Å². The first-order valence-corrected chi connectivity index (χ1v) is 5.95. The zero-order valence-corrected chi connectivity index (χ0v) is 10.8. The summed E-state index contributed by atoms with van der Waals surface area (Å²) < 4.78 is 0. The Labute approximate surface area is 98.9 Å². The zero-order valence-electron chi connectivity index (χ0n) is 10.8. The van der Waals surface area contributed by atoms with Crippen LogP contribution < -0.4 is 5.32 Å². The predicted octanol–water partition coefficient (Wildman–Crippen LogP) is 1.90. The van der Waals surface area contributed by atoms with Gasteiger partial charge in [-0.2, -0.15) is 0 Å². The smallest absolute Gasteiger partial charge is 0.0271 e. The molecule has 1 heterocycles. The maximum absolute atomic E-state index is 4.03. The van der Waals surface area contributed by atoms with E-state index < -0.39 is 0 Å². The summed E-state index contributed by atoms with van der Waals surface area (Å²) in [7, 11) is 4.20. The van der Waals surface area contributed by atoms with Crippen LogP contribution in [0.4, 0.5) is 0 Å². The fraction of sp³-hybridized carbons (Fsp3) is 0.615. The van der Waals surface area contributed by atoms with Crippen molar-refractivity contribution in [3.05, 3.63) is 30.1 Å². The molecule has 0 saturated heterocycles. The minimum atomic E-state index is 0.531. The summed E-state index contributed by atoms with van der Waals surface area (Å²) in [6.07, 6.45) is 4.85. The molecular weight excluding hydrogens is 198 g/mol. The predicted molar refractivity (Wildman–Crippen MR) is 68.3 cm³/mol. The van der Waals surface area contributed by atoms with Crippen LogP contribution in [0.3, 0.4) is 0 Å². The fourth-order valence-electron chi connectivity index (χ4n) is 2.01. The summed E-state index contributed by atoms with van der Waals surface area (Å²) in [6.45, 7) is 5.46. The van der Waals surface area contributed by atoms with Gasteiger partial charge in [0.15, 0.2) is 0 Å². The molecule has 0 aliphatic carbocycles. The molecule has 2 atom stereocenters. The average Bonchev–Trinajstić information content (AvgIpc) is 2.31. The molecule has 1 rings (SSSR count). The van der Waals surface area contributed by atoms with E-state index >= 15 is 0 Å². The number of nitrogens with one attached hydrogen (secondary N) is 1. The molecule has 0 saturated carbocycles. The topological polar surface area (TPSA) is 28.2 Å². The van der Waals surface area contributed by atoms with Gasteiger partial charge in [0, 0.05) is 31.0 Å². The highest BCUT2D eigenvalue weighted by atomic mass is 15.2. The molecular formula is C13H23N3. The first-order chi connectivity index (χ1) is 7.69. The normalized spacial score (nSPS) is 15.1. The van der Waals surface area contributed by atoms with E-state index in [2.05, 4.69) is 48.2 Å². The first-order valence-electron chi connectivity index (χ1n) is 5.95. The van der Waals surface area contributed by atoms with Gasteiger partial charge in [0.2, 0.25) is 0 Å². The molecule has 1 N–H and O–H groups in total. The highest BCUT2D eigenvalue weighted by Crippen LogP contribution is 2.09. The number of likely N-dealkylation sites (N-methyl/N-ethyl adjacent to an activating group) is 2. The lowest BCUT2D eigenvalue weighted by Gasteiger charge is -2.31. The summed E-state index contributed by atoms with van der Waals surface area (Å²) in [5.74, 6) is 0. The van der Waals surface area contributed by atoms with Crippen LogP contribution in [0, 0.1) is 0 Å². The fourth-order valence-corrected chi connectivity index (χ4v) is 2.01. The zero-order chi connectivity index (χ0) is 12.0. The van der Waals surface area contributed by atoms with Crippen LogP contribution in [0.5, 0.6) is 0 Å². The van der Waals surface area contributed by atoms with Gasteiger partial charge in [0.1, 0.15) is 0 Å². The van der Waals surface area contributed by atoms with E-state index in [1.165, 1.54) is 5.56 Å². The summed E-state index contributed by atoms with van der Waals surface area (Å²) in [4.78, 5) is 6.41. The minimum Gasteiger partial charge on any atom is -0.315 e. The Morgan fingerprint density at radius 1 is 1.38 bits per heavy atom. The van der Waals surface area contributed by atoms with Crippen LogP contribution in [0.15, 0.2) is 24.5 Å². The maximum Gasteiger partial charge on any atom is 0.0271 e. The average molecular weight is 221 g/mol. The maximum atomic E-state index is 4.03. The highest BCUT2D eigenvalue weighted by Gasteiger charge is 2.17. The quantitative estimate of drug-likeness (QED) is 0.795. The Kier molecular flexibility index (Phi) is 5.43. The van der Waals surface area contributed by atoms with Crippen molar-refractivity contribution in [2.45, 2.75) is 38.9 Å². The second-order valence-electron chi connectivity index (χ2n) is 4.31. The van der Waals surface area contributed by atoms with Crippen molar-refractivity contribution in [3.63, 3.8) is 0 Å². The van der Waals surface area contributed by atoms with Gasteiger partial charge in [0.05, 0.1) is 0 Å². The van der Waals surface area contributed by atoms with E-state index in [9.17, 15) is 0 Å². The Balaban J connectivity index is 2.54. The van der Waals surface area contributed by atoms with Crippen molar-refractivity contribution in [1.82, 2.24) is 15.2 Å². The molecule has 0 aromatic carbocycles. The Morgan fingerprint density at radius 3 is 2.50 bits per heavy atom. The number of pyridine rings is 1. The Hall–Kier alpha value is -0.930. The third-order valence-corrected chi connectivity index (χ3v) is 3.27. The third-order valence-electron chi connectivity index (χ3n) is 3.27. The standard InChI is InChI=1S/C13H23N3/c1-5-13(14-3)11(2)16(4)10-12-6-8-15-9-7-12/h6-9,11,13-14H,5,10H2,1-4H3. The van der Waals surface area contributed by atoms with E-state index in [1.807, 2.05) is 19.4 Å². The third kappa shape index (κ3) is 3.58. The number of hydrogen-bond donors (Lipinski definition) is 1. The monoisotopic (exact) mass is 221 g/mol. The van der Waals surface area contributed by atoms with E-state index in [4.69, 9.17) is 0 Å². The largest absolute Gasteiger partial charge is 0.315 e. The van der Waals surface area contributed by atoms with Crippen LogP contribution in [-0.2, 0) is 6.54 Å². The van der Waals surface area contributed by atoms with Gasteiger partial charge in [-0.15, -0.1) is 0 Å². The molecule has 0 bridgehead atoms. The second-order valence-corrected chi connectivity index (χ2v) is 4.31.